The van der Waals surface area contributed by atoms with Gasteiger partial charge in [0.1, 0.15) is 10.5 Å². The van der Waals surface area contributed by atoms with Crippen molar-refractivity contribution >= 4 is 10.5 Å². The summed E-state index contributed by atoms with van der Waals surface area (Å²) in [5, 5.41) is 0. The van der Waals surface area contributed by atoms with Gasteiger partial charge in [-0.15, -0.1) is 0 Å². The van der Waals surface area contributed by atoms with E-state index in [1.165, 1.54) is 11.1 Å². The van der Waals surface area contributed by atoms with Crippen molar-refractivity contribution < 1.29 is 4.43 Å². The average Bonchev–Trinajstić information content (AvgIpc) is 2.41. The first-order chi connectivity index (χ1) is 8.33. The zero-order valence-electron chi connectivity index (χ0n) is 10.3. The van der Waals surface area contributed by atoms with Gasteiger partial charge in [-0.2, -0.15) is 0 Å². The van der Waals surface area contributed by atoms with Gasteiger partial charge < -0.3 is 4.43 Å². The van der Waals surface area contributed by atoms with Crippen LogP contribution in [0.15, 0.2) is 60.7 Å². The van der Waals surface area contributed by atoms with Crippen LogP contribution in [0.25, 0.3) is 0 Å². The molecule has 0 aliphatic heterocycles. The molecule has 0 aliphatic carbocycles. The minimum absolute atomic E-state index is 0.228. The number of rotatable bonds is 4. The first kappa shape index (κ1) is 12.1. The molecule has 17 heavy (non-hydrogen) atoms. The lowest BCUT2D eigenvalue weighted by atomic mass is 9.87. The molecule has 0 heterocycles. The third-order valence-corrected chi connectivity index (χ3v) is 3.90. The van der Waals surface area contributed by atoms with Crippen molar-refractivity contribution in [2.45, 2.75) is 18.9 Å². The fourth-order valence-electron chi connectivity index (χ4n) is 2.19. The van der Waals surface area contributed by atoms with E-state index in [0.29, 0.717) is 5.92 Å². The monoisotopic (exact) mass is 242 g/mol. The highest BCUT2D eigenvalue weighted by atomic mass is 28.2. The molecule has 1 atom stereocenters. The molecular weight excluding hydrogens is 224 g/mol. The lowest BCUT2D eigenvalue weighted by Gasteiger charge is -2.24. The third-order valence-electron chi connectivity index (χ3n) is 3.16. The van der Waals surface area contributed by atoms with E-state index in [4.69, 9.17) is 4.43 Å². The van der Waals surface area contributed by atoms with Crippen molar-refractivity contribution in [3.63, 3.8) is 0 Å². The van der Waals surface area contributed by atoms with E-state index >= 15 is 0 Å². The van der Waals surface area contributed by atoms with Crippen LogP contribution in [0, 0.1) is 0 Å². The van der Waals surface area contributed by atoms with Crippen LogP contribution in [0.5, 0.6) is 0 Å². The molecule has 1 nitrogen and oxygen atoms in total. The molecule has 0 saturated carbocycles. The van der Waals surface area contributed by atoms with E-state index in [9.17, 15) is 0 Å². The lowest BCUT2D eigenvalue weighted by Crippen LogP contribution is -2.19. The van der Waals surface area contributed by atoms with Crippen LogP contribution < -0.4 is 0 Å². The van der Waals surface area contributed by atoms with Gasteiger partial charge in [0.25, 0.3) is 0 Å². The molecule has 0 fully saturated rings. The predicted octanol–water partition coefficient (Wildman–Crippen LogP) is 2.50. The van der Waals surface area contributed by atoms with Gasteiger partial charge in [-0.1, -0.05) is 60.7 Å². The summed E-state index contributed by atoms with van der Waals surface area (Å²) in [6, 6.07) is 21.2. The summed E-state index contributed by atoms with van der Waals surface area (Å²) in [4.78, 5) is 0. The quantitative estimate of drug-likeness (QED) is 0.749. The van der Waals surface area contributed by atoms with E-state index in [2.05, 4.69) is 67.6 Å². The molecule has 2 aromatic rings. The van der Waals surface area contributed by atoms with Gasteiger partial charge in [0.15, 0.2) is 0 Å². The van der Waals surface area contributed by atoms with Crippen LogP contribution >= 0.6 is 0 Å². The Morgan fingerprint density at radius 3 is 1.59 bits per heavy atom. The Morgan fingerprint density at radius 1 is 0.824 bits per heavy atom. The zero-order valence-corrected chi connectivity index (χ0v) is 12.3. The normalized spacial score (nSPS) is 12.8. The van der Waals surface area contributed by atoms with Crippen LogP contribution in [0.3, 0.4) is 0 Å². The van der Waals surface area contributed by atoms with E-state index in [-0.39, 0.29) is 6.10 Å². The number of hydrogen-bond donors (Lipinski definition) is 0. The zero-order chi connectivity index (χ0) is 12.1. The van der Waals surface area contributed by atoms with Crippen molar-refractivity contribution in [2.75, 3.05) is 0 Å². The van der Waals surface area contributed by atoms with Gasteiger partial charge in [-0.05, 0) is 18.1 Å². The number of benzene rings is 2. The number of hydrogen-bond acceptors (Lipinski definition) is 1. The Morgan fingerprint density at radius 2 is 1.24 bits per heavy atom. The van der Waals surface area contributed by atoms with Crippen molar-refractivity contribution in [3.05, 3.63) is 71.8 Å². The minimum Gasteiger partial charge on any atom is -0.424 e. The Bertz CT molecular complexity index is 401. The van der Waals surface area contributed by atoms with Gasteiger partial charge >= 0.3 is 0 Å². The largest absolute Gasteiger partial charge is 0.424 e. The van der Waals surface area contributed by atoms with Crippen molar-refractivity contribution in [3.8, 4) is 0 Å². The van der Waals surface area contributed by atoms with Crippen LogP contribution in [0.4, 0.5) is 0 Å². The van der Waals surface area contributed by atoms with Crippen molar-refractivity contribution in [2.24, 2.45) is 0 Å². The Balaban J connectivity index is 2.39. The summed E-state index contributed by atoms with van der Waals surface area (Å²) >= 11 is 0. The third kappa shape index (κ3) is 2.84. The van der Waals surface area contributed by atoms with Gasteiger partial charge in [0.05, 0.1) is 6.10 Å². The molecule has 0 unspecified atom stereocenters. The molecular formula is C15H18OSi. The molecule has 88 valence electrons. The SMILES string of the molecule is C[C@H](O[SiH3])C(c1ccccc1)c1ccccc1. The van der Waals surface area contributed by atoms with Gasteiger partial charge in [0, 0.05) is 5.92 Å². The standard InChI is InChI=1S/C15H18OSi/c1-12(16-17)15(13-8-4-2-5-9-13)14-10-6-3-7-11-14/h2-12,15H,1,17H3/t12-/m0/s1. The Labute approximate surface area is 106 Å². The van der Waals surface area contributed by atoms with Crippen LogP contribution in [-0.4, -0.2) is 16.6 Å². The molecule has 0 amide bonds. The van der Waals surface area contributed by atoms with Crippen LogP contribution in [0.2, 0.25) is 0 Å². The summed E-state index contributed by atoms with van der Waals surface area (Å²) in [7, 11) is 0.773. The molecule has 0 aliphatic rings. The second kappa shape index (κ2) is 5.80. The lowest BCUT2D eigenvalue weighted by molar-refractivity contribution is 0.223. The highest BCUT2D eigenvalue weighted by Crippen LogP contribution is 2.28. The highest BCUT2D eigenvalue weighted by molar-refractivity contribution is 5.98. The summed E-state index contributed by atoms with van der Waals surface area (Å²) in [6.45, 7) is 2.15. The van der Waals surface area contributed by atoms with Gasteiger partial charge in [-0.25, -0.2) is 0 Å². The molecule has 2 rings (SSSR count). The van der Waals surface area contributed by atoms with Crippen molar-refractivity contribution in [1.29, 1.82) is 0 Å². The van der Waals surface area contributed by atoms with Crippen LogP contribution in [-0.2, 0) is 4.43 Å². The van der Waals surface area contributed by atoms with E-state index in [1.807, 2.05) is 0 Å². The maximum absolute atomic E-state index is 5.66. The Kier molecular flexibility index (Phi) is 4.12. The second-order valence-electron chi connectivity index (χ2n) is 4.24. The fraction of sp³-hybridized carbons (Fsp3) is 0.200. The Hall–Kier alpha value is -1.38. The highest BCUT2D eigenvalue weighted by Gasteiger charge is 2.20. The molecule has 0 saturated heterocycles. The molecule has 0 N–H and O–H groups in total. The molecule has 2 aromatic carbocycles. The first-order valence-electron chi connectivity index (χ1n) is 5.95. The van der Waals surface area contributed by atoms with E-state index in [0.717, 1.165) is 10.5 Å². The summed E-state index contributed by atoms with van der Waals surface area (Å²) in [6.07, 6.45) is 0.228. The van der Waals surface area contributed by atoms with E-state index in [1.54, 1.807) is 0 Å². The fourth-order valence-corrected chi connectivity index (χ4v) is 2.46. The van der Waals surface area contributed by atoms with Gasteiger partial charge in [0.2, 0.25) is 0 Å². The van der Waals surface area contributed by atoms with Crippen molar-refractivity contribution in [1.82, 2.24) is 0 Å². The minimum atomic E-state index is 0.228. The van der Waals surface area contributed by atoms with E-state index < -0.39 is 0 Å². The first-order valence-corrected chi connectivity index (χ1v) is 6.77. The summed E-state index contributed by atoms with van der Waals surface area (Å²) in [5.41, 5.74) is 2.64. The molecule has 0 radical (unpaired) electrons. The molecule has 2 heteroatoms. The maximum atomic E-state index is 5.66. The molecule has 0 bridgehead atoms. The molecule has 0 aromatic heterocycles. The maximum Gasteiger partial charge on any atom is 0.146 e. The van der Waals surface area contributed by atoms with Crippen LogP contribution in [0.1, 0.15) is 24.0 Å². The van der Waals surface area contributed by atoms with Gasteiger partial charge in [-0.3, -0.25) is 0 Å². The summed E-state index contributed by atoms with van der Waals surface area (Å²) in [5.74, 6) is 0.329. The second-order valence-corrected chi connectivity index (χ2v) is 4.71. The average molecular weight is 242 g/mol. The molecule has 0 spiro atoms. The predicted molar refractivity (Wildman–Crippen MR) is 75.2 cm³/mol. The smallest absolute Gasteiger partial charge is 0.146 e. The topological polar surface area (TPSA) is 9.23 Å². The summed E-state index contributed by atoms with van der Waals surface area (Å²) < 4.78 is 5.66.